The van der Waals surface area contributed by atoms with Crippen molar-refractivity contribution >= 4 is 6.03 Å². The Morgan fingerprint density at radius 3 is 2.70 bits per heavy atom. The molecule has 0 spiro atoms. The van der Waals surface area contributed by atoms with E-state index < -0.39 is 6.10 Å². The van der Waals surface area contributed by atoms with Crippen molar-refractivity contribution in [3.63, 3.8) is 0 Å². The number of amides is 2. The number of hydrogen-bond donors (Lipinski definition) is 2. The molecule has 2 aromatic heterocycles. The molecule has 2 N–H and O–H groups in total. The summed E-state index contributed by atoms with van der Waals surface area (Å²) < 4.78 is 1.64. The molecule has 144 valence electrons. The first kappa shape index (κ1) is 19.1. The van der Waals surface area contributed by atoms with Crippen LogP contribution in [0.5, 0.6) is 0 Å². The van der Waals surface area contributed by atoms with Crippen LogP contribution in [-0.2, 0) is 6.54 Å². The molecule has 0 aromatic carbocycles. The van der Waals surface area contributed by atoms with Crippen LogP contribution in [0.4, 0.5) is 4.79 Å². The van der Waals surface area contributed by atoms with Gasteiger partial charge in [0.25, 0.3) is 0 Å². The Balaban J connectivity index is 1.38. The first-order valence-corrected chi connectivity index (χ1v) is 9.42. The molecule has 1 fully saturated rings. The van der Waals surface area contributed by atoms with Crippen molar-refractivity contribution < 1.29 is 9.90 Å². The zero-order valence-electron chi connectivity index (χ0n) is 15.3. The van der Waals surface area contributed by atoms with Crippen LogP contribution >= 0.6 is 0 Å². The van der Waals surface area contributed by atoms with E-state index in [0.717, 1.165) is 12.8 Å². The molecule has 1 atom stereocenters. The van der Waals surface area contributed by atoms with Gasteiger partial charge in [-0.15, -0.1) is 0 Å². The lowest BCUT2D eigenvalue weighted by Crippen LogP contribution is -2.45. The van der Waals surface area contributed by atoms with E-state index in [9.17, 15) is 14.7 Å². The second-order valence-corrected chi connectivity index (χ2v) is 6.84. The number of rotatable bonds is 6. The fourth-order valence-electron chi connectivity index (χ4n) is 3.41. The normalized spacial score (nSPS) is 16.1. The summed E-state index contributed by atoms with van der Waals surface area (Å²) in [5, 5.41) is 13.4. The van der Waals surface area contributed by atoms with Crippen molar-refractivity contribution in [2.24, 2.45) is 5.92 Å². The van der Waals surface area contributed by atoms with E-state index in [0.29, 0.717) is 38.3 Å². The van der Waals surface area contributed by atoms with Crippen LogP contribution in [0.2, 0.25) is 0 Å². The minimum Gasteiger partial charge on any atom is -0.387 e. The van der Waals surface area contributed by atoms with Crippen LogP contribution in [0.25, 0.3) is 0 Å². The van der Waals surface area contributed by atoms with Gasteiger partial charge in [-0.2, -0.15) is 0 Å². The Kier molecular flexibility index (Phi) is 6.59. The summed E-state index contributed by atoms with van der Waals surface area (Å²) in [4.78, 5) is 29.9. The van der Waals surface area contributed by atoms with Crippen molar-refractivity contribution in [1.29, 1.82) is 0 Å². The SMILES string of the molecule is O=C(NCCCn1ccccc1=O)N1CCC(C(O)c2ccccn2)CC1. The minimum atomic E-state index is -0.583. The molecule has 2 amide bonds. The van der Waals surface area contributed by atoms with Crippen molar-refractivity contribution in [1.82, 2.24) is 19.8 Å². The van der Waals surface area contributed by atoms with E-state index in [1.54, 1.807) is 27.9 Å². The van der Waals surface area contributed by atoms with Crippen LogP contribution in [0, 0.1) is 5.92 Å². The molecule has 1 unspecified atom stereocenters. The molecule has 1 saturated heterocycles. The first-order chi connectivity index (χ1) is 13.1. The molecule has 1 aliphatic rings. The molecule has 0 saturated carbocycles. The lowest BCUT2D eigenvalue weighted by Gasteiger charge is -2.34. The molecule has 3 heterocycles. The van der Waals surface area contributed by atoms with Gasteiger partial charge in [-0.05, 0) is 43.4 Å². The average molecular weight is 370 g/mol. The number of nitrogens with zero attached hydrogens (tertiary/aromatic N) is 3. The number of piperidine rings is 1. The van der Waals surface area contributed by atoms with Crippen LogP contribution < -0.4 is 10.9 Å². The van der Waals surface area contributed by atoms with Crippen LogP contribution in [0.3, 0.4) is 0 Å². The van der Waals surface area contributed by atoms with E-state index in [-0.39, 0.29) is 17.5 Å². The van der Waals surface area contributed by atoms with Gasteiger partial charge in [-0.25, -0.2) is 4.79 Å². The van der Waals surface area contributed by atoms with E-state index in [4.69, 9.17) is 0 Å². The maximum Gasteiger partial charge on any atom is 0.317 e. The van der Waals surface area contributed by atoms with Gasteiger partial charge >= 0.3 is 6.03 Å². The summed E-state index contributed by atoms with van der Waals surface area (Å²) in [6.45, 7) is 2.35. The lowest BCUT2D eigenvalue weighted by molar-refractivity contribution is 0.0636. The predicted octanol–water partition coefficient (Wildman–Crippen LogP) is 1.79. The molecular weight excluding hydrogens is 344 g/mol. The molecule has 3 rings (SSSR count). The van der Waals surface area contributed by atoms with Crippen molar-refractivity contribution in [3.8, 4) is 0 Å². The van der Waals surface area contributed by atoms with Crippen molar-refractivity contribution in [2.75, 3.05) is 19.6 Å². The third kappa shape index (κ3) is 5.17. The summed E-state index contributed by atoms with van der Waals surface area (Å²) in [5.41, 5.74) is 0.661. The van der Waals surface area contributed by atoms with E-state index in [2.05, 4.69) is 10.3 Å². The highest BCUT2D eigenvalue weighted by Crippen LogP contribution is 2.29. The second-order valence-electron chi connectivity index (χ2n) is 6.84. The van der Waals surface area contributed by atoms with Crippen molar-refractivity contribution in [3.05, 3.63) is 64.8 Å². The van der Waals surface area contributed by atoms with Gasteiger partial charge in [-0.3, -0.25) is 9.78 Å². The monoisotopic (exact) mass is 370 g/mol. The fraction of sp³-hybridized carbons (Fsp3) is 0.450. The van der Waals surface area contributed by atoms with Gasteiger partial charge < -0.3 is 19.9 Å². The molecule has 0 aliphatic carbocycles. The standard InChI is InChI=1S/C20H26N4O3/c25-18-7-2-4-12-23(18)13-5-11-22-20(27)24-14-8-16(9-15-24)19(26)17-6-1-3-10-21-17/h1-4,6-7,10,12,16,19,26H,5,8-9,11,13-15H2,(H,22,27). The van der Waals surface area contributed by atoms with Gasteiger partial charge in [0, 0.05) is 44.6 Å². The Hall–Kier alpha value is -2.67. The van der Waals surface area contributed by atoms with E-state index in [1.165, 1.54) is 6.07 Å². The summed E-state index contributed by atoms with van der Waals surface area (Å²) in [7, 11) is 0. The third-order valence-electron chi connectivity index (χ3n) is 5.02. The minimum absolute atomic E-state index is 0.0302. The molecule has 1 aliphatic heterocycles. The number of carbonyl (C=O) groups excluding carboxylic acids is 1. The van der Waals surface area contributed by atoms with Gasteiger partial charge in [-0.1, -0.05) is 12.1 Å². The van der Waals surface area contributed by atoms with E-state index >= 15 is 0 Å². The van der Waals surface area contributed by atoms with Crippen molar-refractivity contribution in [2.45, 2.75) is 31.9 Å². The van der Waals surface area contributed by atoms with Gasteiger partial charge in [0.1, 0.15) is 0 Å². The Labute approximate surface area is 158 Å². The number of aliphatic hydroxyl groups is 1. The van der Waals surface area contributed by atoms with E-state index in [1.807, 2.05) is 24.3 Å². The molecular formula is C20H26N4O3. The highest BCUT2D eigenvalue weighted by molar-refractivity contribution is 5.74. The highest BCUT2D eigenvalue weighted by atomic mass is 16.3. The number of aliphatic hydroxyl groups excluding tert-OH is 1. The van der Waals surface area contributed by atoms with Gasteiger partial charge in [0.2, 0.25) is 5.56 Å². The second kappa shape index (κ2) is 9.32. The maximum atomic E-state index is 12.3. The smallest absolute Gasteiger partial charge is 0.317 e. The lowest BCUT2D eigenvalue weighted by atomic mass is 9.89. The quantitative estimate of drug-likeness (QED) is 0.759. The molecule has 7 nitrogen and oxygen atoms in total. The van der Waals surface area contributed by atoms with Crippen LogP contribution in [-0.4, -0.2) is 45.2 Å². The number of nitrogens with one attached hydrogen (secondary N) is 1. The highest BCUT2D eigenvalue weighted by Gasteiger charge is 2.28. The zero-order chi connectivity index (χ0) is 19.1. The topological polar surface area (TPSA) is 87.5 Å². The third-order valence-corrected chi connectivity index (χ3v) is 5.02. The number of pyridine rings is 2. The number of aromatic nitrogens is 2. The fourth-order valence-corrected chi connectivity index (χ4v) is 3.41. The number of carbonyl (C=O) groups is 1. The number of aryl methyl sites for hydroxylation is 1. The van der Waals surface area contributed by atoms with Gasteiger partial charge in [0.15, 0.2) is 0 Å². The summed E-state index contributed by atoms with van der Waals surface area (Å²) in [6.07, 6.45) is 5.06. The summed E-state index contributed by atoms with van der Waals surface area (Å²) >= 11 is 0. The Morgan fingerprint density at radius 2 is 2.00 bits per heavy atom. The molecule has 0 radical (unpaired) electrons. The largest absolute Gasteiger partial charge is 0.387 e. The van der Waals surface area contributed by atoms with Crippen LogP contribution in [0.15, 0.2) is 53.6 Å². The van der Waals surface area contributed by atoms with Crippen LogP contribution in [0.1, 0.15) is 31.1 Å². The maximum absolute atomic E-state index is 12.3. The van der Waals surface area contributed by atoms with Gasteiger partial charge in [0.05, 0.1) is 11.8 Å². The zero-order valence-corrected chi connectivity index (χ0v) is 15.3. The summed E-state index contributed by atoms with van der Waals surface area (Å²) in [6, 6.07) is 10.5. The Morgan fingerprint density at radius 1 is 1.22 bits per heavy atom. The number of likely N-dealkylation sites (tertiary alicyclic amines) is 1. The molecule has 0 bridgehead atoms. The predicted molar refractivity (Wildman–Crippen MR) is 102 cm³/mol. The average Bonchev–Trinajstić information content (AvgIpc) is 2.72. The summed E-state index contributed by atoms with van der Waals surface area (Å²) in [5.74, 6) is 0.119. The number of urea groups is 1. The molecule has 7 heteroatoms. The Bertz CT molecular complexity index is 785. The molecule has 27 heavy (non-hydrogen) atoms. The first-order valence-electron chi connectivity index (χ1n) is 9.42. The number of hydrogen-bond acceptors (Lipinski definition) is 4. The molecule has 2 aromatic rings.